The number of rotatable bonds is 6. The maximum Gasteiger partial charge on any atom is 0.243 e. The molecule has 7 heteroatoms. The number of hydrogen-bond acceptors (Lipinski definition) is 4. The molecule has 1 N–H and O–H groups in total. The summed E-state index contributed by atoms with van der Waals surface area (Å²) in [5.74, 6) is -0.350. The minimum Gasteiger partial charge on any atom is -0.355 e. The van der Waals surface area contributed by atoms with E-state index in [4.69, 9.17) is 5.26 Å². The minimum absolute atomic E-state index is 0.0627. The van der Waals surface area contributed by atoms with Crippen molar-refractivity contribution in [2.75, 3.05) is 19.6 Å². The van der Waals surface area contributed by atoms with E-state index in [2.05, 4.69) is 5.32 Å². The highest BCUT2D eigenvalue weighted by molar-refractivity contribution is 7.89. The molecule has 0 heterocycles. The second kappa shape index (κ2) is 7.20. The Morgan fingerprint density at radius 3 is 2.57 bits per heavy atom. The molecule has 1 amide bonds. The molecule has 0 bridgehead atoms. The smallest absolute Gasteiger partial charge is 0.243 e. The van der Waals surface area contributed by atoms with E-state index >= 15 is 0 Å². The van der Waals surface area contributed by atoms with E-state index in [1.54, 1.807) is 32.9 Å². The zero-order valence-corrected chi connectivity index (χ0v) is 13.2. The van der Waals surface area contributed by atoms with Crippen molar-refractivity contribution in [3.05, 3.63) is 29.3 Å². The molecule has 1 aromatic rings. The number of benzene rings is 1. The lowest BCUT2D eigenvalue weighted by atomic mass is 10.2. The molecule has 0 aliphatic carbocycles. The number of nitriles is 1. The lowest BCUT2D eigenvalue weighted by molar-refractivity contribution is -0.121. The second-order valence-corrected chi connectivity index (χ2v) is 6.38. The van der Waals surface area contributed by atoms with Crippen molar-refractivity contribution in [2.45, 2.75) is 25.7 Å². The standard InChI is InChI=1S/C14H19N3O3S/c1-4-16-14(18)10-17(5-2)21(19,20)13-8-12(9-15)7-6-11(13)3/h6-8H,4-5,10H2,1-3H3,(H,16,18). The predicted molar refractivity (Wildman–Crippen MR) is 79.0 cm³/mol. The molecule has 0 aliphatic heterocycles. The van der Waals surface area contributed by atoms with Crippen LogP contribution in [0.25, 0.3) is 0 Å². The molecule has 0 spiro atoms. The summed E-state index contributed by atoms with van der Waals surface area (Å²) < 4.78 is 26.4. The van der Waals surface area contributed by atoms with Crippen LogP contribution in [-0.4, -0.2) is 38.3 Å². The first-order chi connectivity index (χ1) is 9.86. The number of sulfonamides is 1. The molecule has 0 aliphatic rings. The van der Waals surface area contributed by atoms with Crippen LogP contribution in [0, 0.1) is 18.3 Å². The topological polar surface area (TPSA) is 90.3 Å². The first-order valence-corrected chi connectivity index (χ1v) is 8.08. The Balaban J connectivity index is 3.19. The van der Waals surface area contributed by atoms with Gasteiger partial charge < -0.3 is 5.32 Å². The number of likely N-dealkylation sites (N-methyl/N-ethyl adjacent to an activating group) is 2. The fourth-order valence-electron chi connectivity index (χ4n) is 1.87. The Hall–Kier alpha value is -1.91. The van der Waals surface area contributed by atoms with E-state index < -0.39 is 10.0 Å². The van der Waals surface area contributed by atoms with Gasteiger partial charge in [-0.2, -0.15) is 9.57 Å². The van der Waals surface area contributed by atoms with Crippen LogP contribution >= 0.6 is 0 Å². The molecule has 0 radical (unpaired) electrons. The van der Waals surface area contributed by atoms with E-state index in [1.807, 2.05) is 6.07 Å². The van der Waals surface area contributed by atoms with Gasteiger partial charge in [-0.1, -0.05) is 13.0 Å². The van der Waals surface area contributed by atoms with Crippen molar-refractivity contribution in [3.63, 3.8) is 0 Å². The highest BCUT2D eigenvalue weighted by Crippen LogP contribution is 2.21. The molecule has 114 valence electrons. The van der Waals surface area contributed by atoms with E-state index in [0.717, 1.165) is 4.31 Å². The van der Waals surface area contributed by atoms with Crippen LogP contribution < -0.4 is 5.32 Å². The molecule has 0 unspecified atom stereocenters. The fourth-order valence-corrected chi connectivity index (χ4v) is 3.52. The van der Waals surface area contributed by atoms with Gasteiger partial charge in [-0.15, -0.1) is 0 Å². The largest absolute Gasteiger partial charge is 0.355 e. The van der Waals surface area contributed by atoms with Crippen LogP contribution in [0.5, 0.6) is 0 Å². The quantitative estimate of drug-likeness (QED) is 0.849. The zero-order valence-electron chi connectivity index (χ0n) is 12.4. The third-order valence-electron chi connectivity index (χ3n) is 2.98. The number of carbonyl (C=O) groups excluding carboxylic acids is 1. The summed E-state index contributed by atoms with van der Waals surface area (Å²) in [5, 5.41) is 11.5. The van der Waals surface area contributed by atoms with Crippen molar-refractivity contribution in [1.82, 2.24) is 9.62 Å². The number of carbonyl (C=O) groups is 1. The van der Waals surface area contributed by atoms with Gasteiger partial charge in [0.05, 0.1) is 23.1 Å². The first kappa shape index (κ1) is 17.1. The van der Waals surface area contributed by atoms with Crippen molar-refractivity contribution < 1.29 is 13.2 Å². The monoisotopic (exact) mass is 309 g/mol. The molecular weight excluding hydrogens is 290 g/mol. The average Bonchev–Trinajstić information content (AvgIpc) is 2.45. The van der Waals surface area contributed by atoms with Gasteiger partial charge in [0.2, 0.25) is 15.9 Å². The summed E-state index contributed by atoms with van der Waals surface area (Å²) in [6, 6.07) is 6.41. The second-order valence-electron chi connectivity index (χ2n) is 4.48. The predicted octanol–water partition coefficient (Wildman–Crippen LogP) is 1.01. The molecule has 21 heavy (non-hydrogen) atoms. The van der Waals surface area contributed by atoms with Gasteiger partial charge >= 0.3 is 0 Å². The molecule has 1 aromatic carbocycles. The highest BCUT2D eigenvalue weighted by Gasteiger charge is 2.26. The fraction of sp³-hybridized carbons (Fsp3) is 0.429. The van der Waals surface area contributed by atoms with Crippen LogP contribution in [0.4, 0.5) is 0 Å². The van der Waals surface area contributed by atoms with E-state index in [1.165, 1.54) is 6.07 Å². The lowest BCUT2D eigenvalue weighted by Gasteiger charge is -2.21. The number of nitrogens with one attached hydrogen (secondary N) is 1. The van der Waals surface area contributed by atoms with Gasteiger partial charge in [0.25, 0.3) is 0 Å². The van der Waals surface area contributed by atoms with Gasteiger partial charge in [0.15, 0.2) is 0 Å². The zero-order chi connectivity index (χ0) is 16.0. The molecule has 0 atom stereocenters. The van der Waals surface area contributed by atoms with E-state index in [9.17, 15) is 13.2 Å². The average molecular weight is 309 g/mol. The van der Waals surface area contributed by atoms with E-state index in [0.29, 0.717) is 12.1 Å². The van der Waals surface area contributed by atoms with Gasteiger partial charge in [0, 0.05) is 13.1 Å². The number of amides is 1. The van der Waals surface area contributed by atoms with Crippen LogP contribution in [0.1, 0.15) is 25.0 Å². The number of nitrogens with zero attached hydrogens (tertiary/aromatic N) is 2. The van der Waals surface area contributed by atoms with Crippen LogP contribution in [-0.2, 0) is 14.8 Å². The molecule has 0 aromatic heterocycles. The summed E-state index contributed by atoms with van der Waals surface area (Å²) in [4.78, 5) is 11.7. The Morgan fingerprint density at radius 2 is 2.05 bits per heavy atom. The van der Waals surface area contributed by atoms with Gasteiger partial charge in [0.1, 0.15) is 0 Å². The summed E-state index contributed by atoms with van der Waals surface area (Å²) in [5.41, 5.74) is 0.816. The summed E-state index contributed by atoms with van der Waals surface area (Å²) in [7, 11) is -3.81. The lowest BCUT2D eigenvalue weighted by Crippen LogP contribution is -2.40. The number of aryl methyl sites for hydroxylation is 1. The van der Waals surface area contributed by atoms with Gasteiger partial charge in [-0.25, -0.2) is 8.42 Å². The van der Waals surface area contributed by atoms with Crippen molar-refractivity contribution in [3.8, 4) is 6.07 Å². The summed E-state index contributed by atoms with van der Waals surface area (Å²) >= 11 is 0. The third-order valence-corrected chi connectivity index (χ3v) is 5.04. The molecule has 6 nitrogen and oxygen atoms in total. The molecule has 0 fully saturated rings. The Labute approximate surface area is 125 Å². The third kappa shape index (κ3) is 4.03. The molecule has 0 saturated carbocycles. The highest BCUT2D eigenvalue weighted by atomic mass is 32.2. The van der Waals surface area contributed by atoms with Gasteiger partial charge in [-0.3, -0.25) is 4.79 Å². The SMILES string of the molecule is CCNC(=O)CN(CC)S(=O)(=O)c1cc(C#N)ccc1C. The first-order valence-electron chi connectivity index (χ1n) is 6.64. The Morgan fingerprint density at radius 1 is 1.38 bits per heavy atom. The Kier molecular flexibility index (Phi) is 5.88. The molecule has 1 rings (SSSR count). The van der Waals surface area contributed by atoms with Crippen LogP contribution in [0.2, 0.25) is 0 Å². The number of hydrogen-bond donors (Lipinski definition) is 1. The van der Waals surface area contributed by atoms with Crippen LogP contribution in [0.15, 0.2) is 23.1 Å². The van der Waals surface area contributed by atoms with Crippen molar-refractivity contribution >= 4 is 15.9 Å². The summed E-state index contributed by atoms with van der Waals surface area (Å²) in [6.07, 6.45) is 0. The Bertz CT molecular complexity index is 663. The van der Waals surface area contributed by atoms with E-state index in [-0.39, 0.29) is 29.5 Å². The normalized spacial score (nSPS) is 11.2. The summed E-state index contributed by atoms with van der Waals surface area (Å²) in [6.45, 7) is 5.48. The maximum atomic E-state index is 12.6. The minimum atomic E-state index is -3.81. The van der Waals surface area contributed by atoms with Crippen molar-refractivity contribution in [1.29, 1.82) is 5.26 Å². The molecule has 0 saturated heterocycles. The maximum absolute atomic E-state index is 12.6. The molecular formula is C14H19N3O3S. The van der Waals surface area contributed by atoms with Gasteiger partial charge in [-0.05, 0) is 31.5 Å². The van der Waals surface area contributed by atoms with Crippen molar-refractivity contribution in [2.24, 2.45) is 0 Å². The van der Waals surface area contributed by atoms with Crippen LogP contribution in [0.3, 0.4) is 0 Å².